The van der Waals surface area contributed by atoms with Crippen LogP contribution < -0.4 is 9.64 Å². The van der Waals surface area contributed by atoms with Crippen molar-refractivity contribution in [3.63, 3.8) is 0 Å². The molecule has 0 saturated carbocycles. The zero-order valence-electron chi connectivity index (χ0n) is 24.8. The highest BCUT2D eigenvalue weighted by atomic mass is 16.5. The Hall–Kier alpha value is -3.95. The van der Waals surface area contributed by atoms with Crippen molar-refractivity contribution >= 4 is 23.4 Å². The monoisotopic (exact) mass is 587 g/mol. The van der Waals surface area contributed by atoms with Gasteiger partial charge in [0, 0.05) is 38.5 Å². The molecule has 5 rings (SSSR count). The number of hydrogen-bond acceptors (Lipinski definition) is 6. The highest BCUT2D eigenvalue weighted by Crippen LogP contribution is 2.59. The van der Waals surface area contributed by atoms with Crippen LogP contribution in [0.2, 0.25) is 0 Å². The lowest BCUT2D eigenvalue weighted by atomic mass is 9.70. The Kier molecular flexibility index (Phi) is 9.32. The number of hydrogen-bond donors (Lipinski definition) is 1. The molecule has 1 spiro atoms. The van der Waals surface area contributed by atoms with Gasteiger partial charge in [-0.25, -0.2) is 0 Å². The van der Waals surface area contributed by atoms with Crippen molar-refractivity contribution in [1.82, 2.24) is 9.80 Å². The summed E-state index contributed by atoms with van der Waals surface area (Å²) in [4.78, 5) is 48.1. The summed E-state index contributed by atoms with van der Waals surface area (Å²) in [5.74, 6) is -1.47. The lowest BCUT2D eigenvalue weighted by Gasteiger charge is -2.37. The van der Waals surface area contributed by atoms with Crippen LogP contribution >= 0.6 is 0 Å². The Bertz CT molecular complexity index is 1330. The van der Waals surface area contributed by atoms with Gasteiger partial charge in [0.25, 0.3) is 5.91 Å². The first-order valence-electron chi connectivity index (χ1n) is 15.0. The molecule has 3 heterocycles. The van der Waals surface area contributed by atoms with E-state index >= 15 is 0 Å². The van der Waals surface area contributed by atoms with Crippen LogP contribution in [0.25, 0.3) is 0 Å². The van der Waals surface area contributed by atoms with Crippen LogP contribution in [0.15, 0.2) is 79.9 Å². The third kappa shape index (κ3) is 5.59. The molecule has 3 saturated heterocycles. The Morgan fingerprint density at radius 1 is 1.07 bits per heavy atom. The number of anilines is 1. The fourth-order valence-electron chi connectivity index (χ4n) is 7.11. The molecule has 2 aromatic rings. The van der Waals surface area contributed by atoms with E-state index in [9.17, 15) is 19.5 Å². The molecule has 5 atom stereocenters. The van der Waals surface area contributed by atoms with Crippen LogP contribution in [0.4, 0.5) is 5.69 Å². The van der Waals surface area contributed by atoms with Gasteiger partial charge in [-0.1, -0.05) is 42.5 Å². The van der Waals surface area contributed by atoms with E-state index in [0.29, 0.717) is 50.2 Å². The molecule has 3 fully saturated rings. The van der Waals surface area contributed by atoms with Gasteiger partial charge in [-0.2, -0.15) is 0 Å². The number of amides is 3. The summed E-state index contributed by atoms with van der Waals surface area (Å²) in [6.07, 6.45) is 5.01. The largest absolute Gasteiger partial charge is 0.497 e. The third-order valence-corrected chi connectivity index (χ3v) is 8.97. The minimum absolute atomic E-state index is 0.0145. The van der Waals surface area contributed by atoms with E-state index in [0.717, 1.165) is 5.56 Å². The van der Waals surface area contributed by atoms with Crippen molar-refractivity contribution in [2.75, 3.05) is 38.3 Å². The SMILES string of the molecule is C=CCN(Cc1ccccc1)C(=O)[C@@H]1[C@H]2C(=O)N(CCCCO)C(C(=O)N(CC=C)c3ccc(OC)cc3)C23CC[C@H]1O3. The minimum Gasteiger partial charge on any atom is -0.497 e. The van der Waals surface area contributed by atoms with Crippen LogP contribution in [0, 0.1) is 11.8 Å². The number of likely N-dealkylation sites (tertiary alicyclic amines) is 1. The van der Waals surface area contributed by atoms with E-state index < -0.39 is 29.6 Å². The standard InChI is InChI=1S/C34H41N3O6/c1-4-19-35(23-24-11-7-6-8-12-24)31(39)28-27-17-18-34(43-27)29(28)32(40)37(21-9-10-22-38)30(34)33(41)36(20-5-2)25-13-15-26(42-3)16-14-25/h4-8,11-16,27-30,38H,1-2,9-10,17-23H2,3H3/t27-,28+,29+,30?,34?/m1/s1. The molecule has 0 aromatic heterocycles. The van der Waals surface area contributed by atoms with E-state index in [1.165, 1.54) is 0 Å². The highest BCUT2D eigenvalue weighted by Gasteiger charge is 2.74. The van der Waals surface area contributed by atoms with Gasteiger partial charge in [0.1, 0.15) is 17.4 Å². The van der Waals surface area contributed by atoms with Crippen molar-refractivity contribution in [2.24, 2.45) is 11.8 Å². The number of carbonyl (C=O) groups is 3. The molecule has 9 heteroatoms. The number of fused-ring (bicyclic) bond motifs is 1. The molecular formula is C34H41N3O6. The molecule has 43 heavy (non-hydrogen) atoms. The summed E-state index contributed by atoms with van der Waals surface area (Å²) >= 11 is 0. The average molecular weight is 588 g/mol. The van der Waals surface area contributed by atoms with Gasteiger partial charge in [0.2, 0.25) is 11.8 Å². The van der Waals surface area contributed by atoms with E-state index in [1.54, 1.807) is 58.2 Å². The van der Waals surface area contributed by atoms with E-state index in [2.05, 4.69) is 13.2 Å². The Morgan fingerprint density at radius 2 is 1.79 bits per heavy atom. The molecule has 3 amide bonds. The van der Waals surface area contributed by atoms with Crippen LogP contribution in [0.1, 0.15) is 31.2 Å². The number of nitrogens with zero attached hydrogens (tertiary/aromatic N) is 3. The van der Waals surface area contributed by atoms with E-state index in [-0.39, 0.29) is 37.4 Å². The van der Waals surface area contributed by atoms with Crippen molar-refractivity contribution in [3.8, 4) is 5.75 Å². The van der Waals surface area contributed by atoms with E-state index in [4.69, 9.17) is 9.47 Å². The van der Waals surface area contributed by atoms with Gasteiger partial charge in [0.15, 0.2) is 0 Å². The zero-order valence-corrected chi connectivity index (χ0v) is 24.8. The maximum Gasteiger partial charge on any atom is 0.253 e. The topological polar surface area (TPSA) is 99.6 Å². The minimum atomic E-state index is -1.11. The predicted octanol–water partition coefficient (Wildman–Crippen LogP) is 3.58. The molecule has 2 bridgehead atoms. The summed E-state index contributed by atoms with van der Waals surface area (Å²) in [5.41, 5.74) is 0.512. The van der Waals surface area contributed by atoms with Gasteiger partial charge in [-0.05, 0) is 55.5 Å². The smallest absolute Gasteiger partial charge is 0.253 e. The molecule has 0 radical (unpaired) electrons. The third-order valence-electron chi connectivity index (χ3n) is 8.97. The molecule has 3 aliphatic heterocycles. The maximum absolute atomic E-state index is 14.6. The molecular weight excluding hydrogens is 546 g/mol. The summed E-state index contributed by atoms with van der Waals surface area (Å²) in [6, 6.07) is 16.0. The number of benzene rings is 2. The van der Waals surface area contributed by atoms with Crippen molar-refractivity contribution in [3.05, 3.63) is 85.5 Å². The highest BCUT2D eigenvalue weighted by molar-refractivity contribution is 6.05. The van der Waals surface area contributed by atoms with Gasteiger partial charge >= 0.3 is 0 Å². The second-order valence-corrected chi connectivity index (χ2v) is 11.4. The number of ether oxygens (including phenoxy) is 2. The predicted molar refractivity (Wildman–Crippen MR) is 163 cm³/mol. The summed E-state index contributed by atoms with van der Waals surface area (Å²) < 4.78 is 12.0. The quantitative estimate of drug-likeness (QED) is 0.268. The Morgan fingerprint density at radius 3 is 2.44 bits per heavy atom. The molecule has 2 unspecified atom stereocenters. The average Bonchev–Trinajstić information content (AvgIpc) is 3.67. The Labute approximate surface area is 253 Å². The van der Waals surface area contributed by atoms with Crippen molar-refractivity contribution in [2.45, 2.75) is 50.0 Å². The van der Waals surface area contributed by atoms with Gasteiger partial charge < -0.3 is 29.3 Å². The van der Waals surface area contributed by atoms with E-state index in [1.807, 2.05) is 30.3 Å². The lowest BCUT2D eigenvalue weighted by molar-refractivity contribution is -0.145. The first kappa shape index (κ1) is 30.5. The van der Waals surface area contributed by atoms with Crippen LogP contribution in [0.5, 0.6) is 5.75 Å². The van der Waals surface area contributed by atoms with Gasteiger partial charge in [-0.15, -0.1) is 13.2 Å². The first-order valence-corrected chi connectivity index (χ1v) is 15.0. The molecule has 228 valence electrons. The zero-order chi connectivity index (χ0) is 30.6. The second-order valence-electron chi connectivity index (χ2n) is 11.4. The summed E-state index contributed by atoms with van der Waals surface area (Å²) in [6.45, 7) is 8.94. The van der Waals surface area contributed by atoms with Crippen LogP contribution in [-0.2, 0) is 25.7 Å². The number of unbranched alkanes of at least 4 members (excludes halogenated alkanes) is 1. The molecule has 0 aliphatic carbocycles. The summed E-state index contributed by atoms with van der Waals surface area (Å²) in [7, 11) is 1.58. The van der Waals surface area contributed by atoms with Crippen LogP contribution in [0.3, 0.4) is 0 Å². The normalized spacial score (nSPS) is 25.3. The second kappa shape index (κ2) is 13.1. The number of rotatable bonds is 14. The van der Waals surface area contributed by atoms with Crippen LogP contribution in [-0.4, -0.2) is 83.7 Å². The molecule has 2 aromatic carbocycles. The molecule has 9 nitrogen and oxygen atoms in total. The molecule has 3 aliphatic rings. The lowest BCUT2D eigenvalue weighted by Crippen LogP contribution is -2.56. The number of aliphatic hydroxyl groups is 1. The number of methoxy groups -OCH3 is 1. The van der Waals surface area contributed by atoms with Gasteiger partial charge in [-0.3, -0.25) is 14.4 Å². The number of aliphatic hydroxyl groups excluding tert-OH is 1. The maximum atomic E-state index is 14.6. The first-order chi connectivity index (χ1) is 20.9. The molecule has 1 N–H and O–H groups in total. The number of carbonyl (C=O) groups excluding carboxylic acids is 3. The fourth-order valence-corrected chi connectivity index (χ4v) is 7.11. The van der Waals surface area contributed by atoms with Gasteiger partial charge in [0.05, 0.1) is 25.0 Å². The summed E-state index contributed by atoms with van der Waals surface area (Å²) in [5, 5.41) is 9.46. The fraction of sp³-hybridized carbons (Fsp3) is 0.441. The van der Waals surface area contributed by atoms with Crippen molar-refractivity contribution in [1.29, 1.82) is 0 Å². The Balaban J connectivity index is 1.50. The van der Waals surface area contributed by atoms with Crippen molar-refractivity contribution < 1.29 is 29.0 Å².